The summed E-state index contributed by atoms with van der Waals surface area (Å²) in [6, 6.07) is 6.25. The molecule has 116 valence electrons. The van der Waals surface area contributed by atoms with Gasteiger partial charge in [0, 0.05) is 5.92 Å². The Bertz CT molecular complexity index is 495. The maximum Gasteiger partial charge on any atom is 0.306 e. The fraction of sp³-hybridized carbons (Fsp3) is 0.611. The van der Waals surface area contributed by atoms with Crippen molar-refractivity contribution in [3.05, 3.63) is 34.9 Å². The zero-order valence-electron chi connectivity index (χ0n) is 13.0. The van der Waals surface area contributed by atoms with E-state index in [0.29, 0.717) is 6.42 Å². The Balaban J connectivity index is 2.32. The average molecular weight is 290 g/mol. The van der Waals surface area contributed by atoms with Crippen molar-refractivity contribution < 1.29 is 15.0 Å². The van der Waals surface area contributed by atoms with E-state index in [1.165, 1.54) is 5.56 Å². The third-order valence-electron chi connectivity index (χ3n) is 4.86. The third-order valence-corrected chi connectivity index (χ3v) is 4.86. The van der Waals surface area contributed by atoms with Crippen molar-refractivity contribution >= 4 is 5.97 Å². The Kier molecular flexibility index (Phi) is 5.40. The quantitative estimate of drug-likeness (QED) is 0.868. The molecule has 0 aliphatic heterocycles. The minimum absolute atomic E-state index is 0.159. The minimum Gasteiger partial charge on any atom is -0.481 e. The summed E-state index contributed by atoms with van der Waals surface area (Å²) in [5, 5.41) is 20.3. The fourth-order valence-electron chi connectivity index (χ4n) is 3.54. The zero-order chi connectivity index (χ0) is 15.4. The lowest BCUT2D eigenvalue weighted by Gasteiger charge is -2.33. The predicted molar refractivity (Wildman–Crippen MR) is 83.2 cm³/mol. The maximum atomic E-state index is 11.5. The van der Waals surface area contributed by atoms with E-state index < -0.39 is 18.0 Å². The van der Waals surface area contributed by atoms with Gasteiger partial charge in [0.15, 0.2) is 0 Å². The molecule has 1 saturated carbocycles. The number of rotatable bonds is 5. The molecule has 0 saturated heterocycles. The van der Waals surface area contributed by atoms with E-state index in [9.17, 15) is 15.0 Å². The molecule has 0 bridgehead atoms. The Morgan fingerprint density at radius 2 is 1.95 bits per heavy atom. The molecule has 2 rings (SSSR count). The number of aliphatic carboxylic acids is 1. The van der Waals surface area contributed by atoms with Crippen molar-refractivity contribution in [1.82, 2.24) is 0 Å². The molecule has 3 atom stereocenters. The van der Waals surface area contributed by atoms with E-state index in [1.807, 2.05) is 0 Å². The normalized spacial score (nSPS) is 23.8. The molecule has 21 heavy (non-hydrogen) atoms. The highest BCUT2D eigenvalue weighted by atomic mass is 16.4. The van der Waals surface area contributed by atoms with Crippen LogP contribution >= 0.6 is 0 Å². The summed E-state index contributed by atoms with van der Waals surface area (Å²) in [6.07, 6.45) is 4.59. The van der Waals surface area contributed by atoms with Gasteiger partial charge < -0.3 is 10.2 Å². The molecule has 0 aromatic heterocycles. The first-order valence-electron chi connectivity index (χ1n) is 8.11. The Hall–Kier alpha value is -1.35. The van der Waals surface area contributed by atoms with Crippen LogP contribution in [0.3, 0.4) is 0 Å². The van der Waals surface area contributed by atoms with Gasteiger partial charge in [-0.2, -0.15) is 0 Å². The van der Waals surface area contributed by atoms with Crippen LogP contribution in [0.4, 0.5) is 0 Å². The highest BCUT2D eigenvalue weighted by molar-refractivity contribution is 5.70. The van der Waals surface area contributed by atoms with E-state index in [4.69, 9.17) is 0 Å². The molecule has 3 nitrogen and oxygen atoms in total. The smallest absolute Gasteiger partial charge is 0.306 e. The van der Waals surface area contributed by atoms with E-state index in [0.717, 1.165) is 43.2 Å². The molecule has 1 aromatic rings. The second kappa shape index (κ2) is 7.08. The van der Waals surface area contributed by atoms with Crippen LogP contribution in [0.2, 0.25) is 0 Å². The van der Waals surface area contributed by atoms with Gasteiger partial charge in [-0.05, 0) is 42.4 Å². The van der Waals surface area contributed by atoms with Gasteiger partial charge in [-0.3, -0.25) is 4.79 Å². The first-order chi connectivity index (χ1) is 10.1. The van der Waals surface area contributed by atoms with Crippen molar-refractivity contribution in [2.75, 3.05) is 0 Å². The second-order valence-corrected chi connectivity index (χ2v) is 6.08. The first kappa shape index (κ1) is 16.0. The van der Waals surface area contributed by atoms with Crippen LogP contribution in [0.15, 0.2) is 18.2 Å². The van der Waals surface area contributed by atoms with Crippen LogP contribution in [0.5, 0.6) is 0 Å². The Labute approximate surface area is 127 Å². The summed E-state index contributed by atoms with van der Waals surface area (Å²) in [6.45, 7) is 4.17. The minimum atomic E-state index is -0.761. The number of carboxylic acid groups (broad SMARTS) is 1. The molecular formula is C18H26O3. The summed E-state index contributed by atoms with van der Waals surface area (Å²) in [4.78, 5) is 11.5. The van der Waals surface area contributed by atoms with Crippen LogP contribution in [0, 0.1) is 11.8 Å². The van der Waals surface area contributed by atoms with Gasteiger partial charge in [0.05, 0.1) is 12.0 Å². The highest BCUT2D eigenvalue weighted by Crippen LogP contribution is 2.40. The van der Waals surface area contributed by atoms with Crippen LogP contribution in [0.1, 0.15) is 62.3 Å². The second-order valence-electron chi connectivity index (χ2n) is 6.08. The van der Waals surface area contributed by atoms with Gasteiger partial charge in [-0.15, -0.1) is 0 Å². The molecule has 3 heteroatoms. The first-order valence-corrected chi connectivity index (χ1v) is 8.11. The van der Waals surface area contributed by atoms with E-state index in [1.54, 1.807) is 0 Å². The van der Waals surface area contributed by atoms with Crippen LogP contribution in [0.25, 0.3) is 0 Å². The topological polar surface area (TPSA) is 57.5 Å². The molecule has 0 radical (unpaired) electrons. The van der Waals surface area contributed by atoms with Gasteiger partial charge in [-0.25, -0.2) is 0 Å². The summed E-state index contributed by atoms with van der Waals surface area (Å²) in [5.74, 6) is -1.33. The molecule has 1 aliphatic rings. The molecule has 0 amide bonds. The number of hydrogen-bond donors (Lipinski definition) is 2. The standard InChI is InChI=1S/C18H26O3/c1-3-12-9-10-13(4-2)16(11-12)17(19)14-7-5-6-8-15(14)18(20)21/h9-11,14-15,17,19H,3-8H2,1-2H3,(H,20,21). The lowest BCUT2D eigenvalue weighted by atomic mass is 9.73. The summed E-state index contributed by atoms with van der Waals surface area (Å²) < 4.78 is 0. The Morgan fingerprint density at radius 3 is 2.57 bits per heavy atom. The van der Waals surface area contributed by atoms with E-state index in [2.05, 4.69) is 32.0 Å². The van der Waals surface area contributed by atoms with Crippen molar-refractivity contribution in [3.8, 4) is 0 Å². The summed E-state index contributed by atoms with van der Waals surface area (Å²) in [7, 11) is 0. The molecule has 0 heterocycles. The lowest BCUT2D eigenvalue weighted by molar-refractivity contribution is -0.147. The third kappa shape index (κ3) is 3.46. The molecular weight excluding hydrogens is 264 g/mol. The number of carbonyl (C=O) groups is 1. The molecule has 0 spiro atoms. The maximum absolute atomic E-state index is 11.5. The SMILES string of the molecule is CCc1ccc(CC)c(C(O)C2CCCCC2C(=O)O)c1. The van der Waals surface area contributed by atoms with Crippen LogP contribution in [-0.4, -0.2) is 16.2 Å². The number of benzene rings is 1. The van der Waals surface area contributed by atoms with Crippen molar-refractivity contribution in [1.29, 1.82) is 0 Å². The molecule has 1 fully saturated rings. The van der Waals surface area contributed by atoms with Crippen molar-refractivity contribution in [2.24, 2.45) is 11.8 Å². The number of hydrogen-bond acceptors (Lipinski definition) is 2. The number of aliphatic hydroxyl groups is 1. The molecule has 2 N–H and O–H groups in total. The Morgan fingerprint density at radius 1 is 1.24 bits per heavy atom. The summed E-state index contributed by atoms with van der Waals surface area (Å²) in [5.41, 5.74) is 3.27. The molecule has 3 unspecified atom stereocenters. The van der Waals surface area contributed by atoms with Gasteiger partial charge >= 0.3 is 5.97 Å². The number of aryl methyl sites for hydroxylation is 2. The summed E-state index contributed by atoms with van der Waals surface area (Å²) >= 11 is 0. The van der Waals surface area contributed by atoms with Crippen LogP contribution in [-0.2, 0) is 17.6 Å². The van der Waals surface area contributed by atoms with E-state index in [-0.39, 0.29) is 5.92 Å². The van der Waals surface area contributed by atoms with Gasteiger partial charge in [0.25, 0.3) is 0 Å². The molecule has 1 aliphatic carbocycles. The zero-order valence-corrected chi connectivity index (χ0v) is 13.0. The van der Waals surface area contributed by atoms with Crippen molar-refractivity contribution in [2.45, 2.75) is 58.5 Å². The van der Waals surface area contributed by atoms with Crippen LogP contribution < -0.4 is 0 Å². The monoisotopic (exact) mass is 290 g/mol. The number of aliphatic hydroxyl groups excluding tert-OH is 1. The van der Waals surface area contributed by atoms with Gasteiger partial charge in [0.1, 0.15) is 0 Å². The highest BCUT2D eigenvalue weighted by Gasteiger charge is 2.36. The van der Waals surface area contributed by atoms with Crippen molar-refractivity contribution in [3.63, 3.8) is 0 Å². The number of carboxylic acids is 1. The largest absolute Gasteiger partial charge is 0.481 e. The lowest BCUT2D eigenvalue weighted by Crippen LogP contribution is -2.31. The van der Waals surface area contributed by atoms with E-state index >= 15 is 0 Å². The fourth-order valence-corrected chi connectivity index (χ4v) is 3.54. The average Bonchev–Trinajstić information content (AvgIpc) is 2.53. The molecule has 1 aromatic carbocycles. The van der Waals surface area contributed by atoms with Gasteiger partial charge in [-0.1, -0.05) is 44.9 Å². The predicted octanol–water partition coefficient (Wildman–Crippen LogP) is 3.74. The van der Waals surface area contributed by atoms with Gasteiger partial charge in [0.2, 0.25) is 0 Å².